The monoisotopic (exact) mass is 778 g/mol. The first-order valence-electron chi connectivity index (χ1n) is 16.8. The number of carboxylic acids is 2. The molecule has 0 amide bonds. The number of rotatable bonds is 7. The minimum Gasteiger partial charge on any atom is -0.508 e. The minimum absolute atomic E-state index is 0. The molecule has 0 bridgehead atoms. The van der Waals surface area contributed by atoms with Crippen LogP contribution in [0.15, 0.2) is 121 Å². The second-order valence-electron chi connectivity index (χ2n) is 12.2. The van der Waals surface area contributed by atoms with Crippen LogP contribution in [0.2, 0.25) is 0 Å². The first kappa shape index (κ1) is 50.1. The summed E-state index contributed by atoms with van der Waals surface area (Å²) in [5.74, 6) is -1.89. The molecule has 0 aliphatic carbocycles. The second kappa shape index (κ2) is 26.8. The van der Waals surface area contributed by atoms with Gasteiger partial charge in [0.2, 0.25) is 0 Å². The van der Waals surface area contributed by atoms with Gasteiger partial charge in [0.1, 0.15) is 23.0 Å². The van der Waals surface area contributed by atoms with Gasteiger partial charge in [0.15, 0.2) is 0 Å². The average Bonchev–Trinajstić information content (AvgIpc) is 3.12. The zero-order chi connectivity index (χ0) is 41.5. The molecule has 56 heavy (non-hydrogen) atoms. The Balaban J connectivity index is 0.000000682. The van der Waals surface area contributed by atoms with E-state index in [4.69, 9.17) is 40.1 Å². The normalized spacial score (nSPS) is 9.48. The molecule has 0 radical (unpaired) electrons. The number of ether oxygens (including phenoxy) is 2. The Bertz CT molecular complexity index is 1910. The maximum absolute atomic E-state index is 11.4. The molecule has 0 fully saturated rings. The van der Waals surface area contributed by atoms with Crippen molar-refractivity contribution in [2.24, 2.45) is 5.92 Å². The van der Waals surface area contributed by atoms with Crippen LogP contribution in [0, 0.1) is 19.8 Å². The van der Waals surface area contributed by atoms with Crippen LogP contribution in [-0.2, 0) is 9.47 Å². The van der Waals surface area contributed by atoms with Gasteiger partial charge in [-0.25, -0.2) is 19.2 Å². The number of benzene rings is 5. The molecule has 0 heterocycles. The summed E-state index contributed by atoms with van der Waals surface area (Å²) in [6.07, 6.45) is -0.124. The van der Waals surface area contributed by atoms with E-state index in [9.17, 15) is 19.2 Å². The van der Waals surface area contributed by atoms with Crippen LogP contribution >= 0.6 is 0 Å². The Morgan fingerprint density at radius 1 is 0.571 bits per heavy atom. The van der Waals surface area contributed by atoms with Crippen molar-refractivity contribution in [1.29, 1.82) is 0 Å². The van der Waals surface area contributed by atoms with E-state index in [2.05, 4.69) is 6.92 Å². The van der Waals surface area contributed by atoms with Gasteiger partial charge in [-0.1, -0.05) is 19.9 Å². The van der Waals surface area contributed by atoms with Crippen molar-refractivity contribution in [3.05, 3.63) is 162 Å². The number of aryl methyl sites for hydroxylation is 1. The van der Waals surface area contributed by atoms with E-state index in [0.717, 1.165) is 5.56 Å². The van der Waals surface area contributed by atoms with E-state index < -0.39 is 11.9 Å². The van der Waals surface area contributed by atoms with Crippen LogP contribution in [0.5, 0.6) is 23.0 Å². The molecule has 0 spiro atoms. The molecule has 5 aromatic rings. The predicted molar refractivity (Wildman–Crippen MR) is 208 cm³/mol. The number of carbonyl (C=O) groups excluding carboxylic acids is 2. The molecule has 0 aromatic heterocycles. The minimum atomic E-state index is -0.986. The summed E-state index contributed by atoms with van der Waals surface area (Å²) in [4.78, 5) is 43.3. The van der Waals surface area contributed by atoms with Crippen molar-refractivity contribution in [2.75, 3.05) is 6.61 Å². The number of phenols is 4. The molecular weight excluding hydrogens is 731 g/mol. The van der Waals surface area contributed by atoms with Crippen molar-refractivity contribution >= 4 is 23.9 Å². The van der Waals surface area contributed by atoms with E-state index in [1.807, 2.05) is 44.2 Å². The van der Waals surface area contributed by atoms with Crippen LogP contribution in [0.25, 0.3) is 0 Å². The number of carboxylic acid groups (broad SMARTS) is 2. The summed E-state index contributed by atoms with van der Waals surface area (Å²) < 4.78 is 9.96. The zero-order valence-electron chi connectivity index (χ0n) is 32.2. The number of aromatic hydroxyl groups is 4. The number of carbonyl (C=O) groups is 4. The predicted octanol–water partition coefficient (Wildman–Crippen LogP) is 5.52. The summed E-state index contributed by atoms with van der Waals surface area (Å²) in [5, 5.41) is 52.6. The first-order valence-corrected chi connectivity index (χ1v) is 16.8. The zero-order valence-corrected chi connectivity index (χ0v) is 34.2. The van der Waals surface area contributed by atoms with Crippen molar-refractivity contribution < 1.29 is 88.8 Å². The third-order valence-corrected chi connectivity index (χ3v) is 6.49. The Morgan fingerprint density at radius 3 is 1.32 bits per heavy atom. The molecule has 0 saturated heterocycles. The Hall–Kier alpha value is -5.95. The smallest absolute Gasteiger partial charge is 0.508 e. The molecule has 12 nitrogen and oxygen atoms in total. The van der Waals surface area contributed by atoms with Crippen LogP contribution in [-0.4, -0.2) is 67.2 Å². The molecule has 292 valence electrons. The summed E-state index contributed by atoms with van der Waals surface area (Å²) in [6.45, 7) is 13.3. The largest absolute Gasteiger partial charge is 1.00 e. The Morgan fingerprint density at radius 2 is 0.982 bits per heavy atom. The quantitative estimate of drug-likeness (QED) is 0.0686. The maximum Gasteiger partial charge on any atom is 1.00 e. The van der Waals surface area contributed by atoms with E-state index in [1.165, 1.54) is 91.0 Å². The standard InChI is InChI=1S/C11H14O3.C10H12O3.C8H8O3.C7H6O3.C7H7.Na/c1-8(2)7-14-11(13)9-3-5-10(12)6-4-9;1-7(2)13-10(12)8-3-5-9(11)6-4-8;1-5-4-6(9)2-3-7(5)8(10)11;8-6-3-1-5(2-4-6)7(9)10;1-7-5-3-2-4-6-7;/h3-6,8,12H,7H2,1-2H3;3-7,11H,1-2H3;2-4,9H,1H3,(H,10,11);1-4,8H,(H,9,10);2-6H,1H2;/q;;;;-1;+1. The van der Waals surface area contributed by atoms with Gasteiger partial charge < -0.3 is 40.1 Å². The van der Waals surface area contributed by atoms with E-state index in [1.54, 1.807) is 20.8 Å². The number of phenolic OH excluding ortho intramolecular Hbond substituents is 4. The molecular formula is C43H47NaO12. The molecule has 0 aliphatic heterocycles. The van der Waals surface area contributed by atoms with Gasteiger partial charge in [-0.15, -0.1) is 12.1 Å². The van der Waals surface area contributed by atoms with E-state index >= 15 is 0 Å². The van der Waals surface area contributed by atoms with Gasteiger partial charge in [0, 0.05) is 0 Å². The fourth-order valence-electron chi connectivity index (χ4n) is 3.77. The van der Waals surface area contributed by atoms with Crippen LogP contribution in [0.1, 0.15) is 80.3 Å². The summed E-state index contributed by atoms with van der Waals surface area (Å²) >= 11 is 0. The van der Waals surface area contributed by atoms with Crippen LogP contribution < -0.4 is 29.6 Å². The fourth-order valence-corrected chi connectivity index (χ4v) is 3.77. The van der Waals surface area contributed by atoms with Gasteiger partial charge in [0.25, 0.3) is 0 Å². The summed E-state index contributed by atoms with van der Waals surface area (Å²) in [7, 11) is 0. The van der Waals surface area contributed by atoms with Gasteiger partial charge in [0.05, 0.1) is 35.0 Å². The van der Waals surface area contributed by atoms with Crippen molar-refractivity contribution in [3.8, 4) is 23.0 Å². The molecule has 0 aliphatic rings. The molecule has 0 unspecified atom stereocenters. The van der Waals surface area contributed by atoms with Gasteiger partial charge in [-0.2, -0.15) is 24.6 Å². The van der Waals surface area contributed by atoms with Crippen molar-refractivity contribution in [1.82, 2.24) is 0 Å². The van der Waals surface area contributed by atoms with Crippen molar-refractivity contribution in [2.45, 2.75) is 40.7 Å². The van der Waals surface area contributed by atoms with Gasteiger partial charge >= 0.3 is 53.4 Å². The summed E-state index contributed by atoms with van der Waals surface area (Å²) in [6, 6.07) is 31.4. The molecule has 0 saturated carbocycles. The van der Waals surface area contributed by atoms with Crippen LogP contribution in [0.4, 0.5) is 0 Å². The summed E-state index contributed by atoms with van der Waals surface area (Å²) in [5.41, 5.74) is 2.95. The number of esters is 2. The SMILES string of the molecule is CC(C)COC(=O)c1ccc(O)cc1.CC(C)OC(=O)c1ccc(O)cc1.Cc1cc(O)ccc1C(=O)O.O=C(O)c1ccc(O)cc1.[CH2-]c1ccccc1.[Na+]. The van der Waals surface area contributed by atoms with E-state index in [0.29, 0.717) is 29.2 Å². The second-order valence-corrected chi connectivity index (χ2v) is 12.2. The van der Waals surface area contributed by atoms with Crippen LogP contribution in [0.3, 0.4) is 0 Å². The van der Waals surface area contributed by atoms with Gasteiger partial charge in [-0.3, -0.25) is 0 Å². The number of hydrogen-bond acceptors (Lipinski definition) is 10. The molecule has 0 atom stereocenters. The maximum atomic E-state index is 11.4. The molecule has 13 heteroatoms. The topological polar surface area (TPSA) is 208 Å². The average molecular weight is 779 g/mol. The Kier molecular flexibility index (Phi) is 23.9. The molecule has 5 rings (SSSR count). The number of hydrogen-bond donors (Lipinski definition) is 6. The number of aromatic carboxylic acids is 2. The van der Waals surface area contributed by atoms with E-state index in [-0.39, 0.29) is 81.7 Å². The molecule has 5 aromatic carbocycles. The first-order chi connectivity index (χ1) is 25.9. The fraction of sp³-hybridized carbons (Fsp3) is 0.186. The Labute approximate surface area is 348 Å². The third kappa shape index (κ3) is 21.7. The van der Waals surface area contributed by atoms with Gasteiger partial charge in [-0.05, 0) is 123 Å². The van der Waals surface area contributed by atoms with Crippen molar-refractivity contribution in [3.63, 3.8) is 0 Å². The third-order valence-electron chi connectivity index (χ3n) is 6.49. The molecule has 6 N–H and O–H groups in total.